The minimum absolute atomic E-state index is 0.183. The average molecular weight is 415 g/mol. The molecule has 0 amide bonds. The summed E-state index contributed by atoms with van der Waals surface area (Å²) in [6.07, 6.45) is 0. The first-order valence-electron chi connectivity index (χ1n) is 8.11. The van der Waals surface area contributed by atoms with E-state index < -0.39 is 43.6 Å². The molecule has 1 fully saturated rings. The summed E-state index contributed by atoms with van der Waals surface area (Å²) in [5.41, 5.74) is 2.32. The third kappa shape index (κ3) is 7.98. The van der Waals surface area contributed by atoms with Crippen molar-refractivity contribution in [3.63, 3.8) is 0 Å². The Labute approximate surface area is 154 Å². The maximum Gasteiger partial charge on any atom is 0.351 e. The second kappa shape index (κ2) is 8.19. The fraction of sp³-hybridized carbons (Fsp3) is 0.857. The molecular weight excluding hydrogens is 386 g/mol. The molecule has 3 N–H and O–H groups in total. The van der Waals surface area contributed by atoms with Gasteiger partial charge < -0.3 is 15.0 Å². The smallest absolute Gasteiger partial charge is 0.351 e. The lowest BCUT2D eigenvalue weighted by molar-refractivity contribution is -0.880. The Kier molecular flexibility index (Phi) is 7.18. The SMILES string of the molecule is C/C(=N/N[C@H](C)CS(=O)(=O)C[C@@H]1C[N+](C)(C)C[C@H]1CS(=O)(=O)O)C(=O)O. The largest absolute Gasteiger partial charge is 0.477 e. The fourth-order valence-corrected chi connectivity index (χ4v) is 6.28. The molecule has 0 unspecified atom stereocenters. The number of carboxylic acid groups (broad SMARTS) is 1. The predicted molar refractivity (Wildman–Crippen MR) is 97.2 cm³/mol. The number of likely N-dealkylation sites (tertiary alicyclic amines) is 1. The molecule has 1 aliphatic heterocycles. The van der Waals surface area contributed by atoms with Crippen LogP contribution >= 0.6 is 0 Å². The molecule has 0 aromatic heterocycles. The zero-order valence-electron chi connectivity index (χ0n) is 15.4. The van der Waals surface area contributed by atoms with Crippen molar-refractivity contribution in [3.8, 4) is 0 Å². The van der Waals surface area contributed by atoms with Crippen LogP contribution in [0.5, 0.6) is 0 Å². The van der Waals surface area contributed by atoms with Crippen molar-refractivity contribution < 1.29 is 35.8 Å². The molecule has 12 heteroatoms. The van der Waals surface area contributed by atoms with E-state index in [1.807, 2.05) is 14.1 Å². The third-order valence-corrected chi connectivity index (χ3v) is 7.08. The molecular formula is C14H28N3O7S2+. The molecule has 152 valence electrons. The number of hydrazone groups is 1. The minimum Gasteiger partial charge on any atom is -0.477 e. The Morgan fingerprint density at radius 1 is 1.19 bits per heavy atom. The Bertz CT molecular complexity index is 759. The maximum absolute atomic E-state index is 12.5. The standard InChI is InChI=1S/C14H27N3O7S2/c1-10(15-16-11(2)14(18)19)7-25(20,21)8-12-5-17(3,4)6-13(12)9-26(22,23)24/h10,12-13,15H,5-9H2,1-4H3,(H-,18,19,22,23,24)/p+1/b16-11-/t10-,12+,13+/m1/s1. The number of nitrogens with one attached hydrogen (secondary N) is 1. The first-order chi connectivity index (χ1) is 11.6. The number of hydrogen-bond acceptors (Lipinski definition) is 7. The van der Waals surface area contributed by atoms with Crippen molar-refractivity contribution in [1.29, 1.82) is 0 Å². The summed E-state index contributed by atoms with van der Waals surface area (Å²) in [5.74, 6) is -2.93. The first kappa shape index (κ1) is 22.8. The third-order valence-electron chi connectivity index (χ3n) is 4.28. The summed E-state index contributed by atoms with van der Waals surface area (Å²) in [7, 11) is -3.95. The topological polar surface area (TPSA) is 150 Å². The zero-order valence-corrected chi connectivity index (χ0v) is 17.0. The van der Waals surface area contributed by atoms with Crippen molar-refractivity contribution in [1.82, 2.24) is 5.43 Å². The number of carbonyl (C=O) groups is 1. The van der Waals surface area contributed by atoms with Gasteiger partial charge in [0.15, 0.2) is 9.84 Å². The highest BCUT2D eigenvalue weighted by Crippen LogP contribution is 2.29. The lowest BCUT2D eigenvalue weighted by atomic mass is 10.0. The van der Waals surface area contributed by atoms with Gasteiger partial charge in [0.25, 0.3) is 10.1 Å². The number of sulfone groups is 1. The molecule has 0 aromatic rings. The Morgan fingerprint density at radius 3 is 2.15 bits per heavy atom. The van der Waals surface area contributed by atoms with Crippen LogP contribution in [-0.2, 0) is 24.7 Å². The molecule has 0 saturated carbocycles. The van der Waals surface area contributed by atoms with Crippen molar-refractivity contribution in [3.05, 3.63) is 0 Å². The van der Waals surface area contributed by atoms with Gasteiger partial charge in [-0.3, -0.25) is 4.55 Å². The highest BCUT2D eigenvalue weighted by molar-refractivity contribution is 7.91. The summed E-state index contributed by atoms with van der Waals surface area (Å²) >= 11 is 0. The number of rotatable bonds is 9. The van der Waals surface area contributed by atoms with Crippen LogP contribution in [0, 0.1) is 11.8 Å². The Balaban J connectivity index is 2.77. The second-order valence-corrected chi connectivity index (χ2v) is 11.3. The predicted octanol–water partition coefficient (Wildman–Crippen LogP) is -0.950. The second-order valence-electron chi connectivity index (χ2n) is 7.68. The van der Waals surface area contributed by atoms with E-state index in [1.54, 1.807) is 6.92 Å². The van der Waals surface area contributed by atoms with Crippen molar-refractivity contribution in [2.75, 3.05) is 44.4 Å². The van der Waals surface area contributed by atoms with Gasteiger partial charge in [0.2, 0.25) is 0 Å². The summed E-state index contributed by atoms with van der Waals surface area (Å²) < 4.78 is 57.0. The number of carboxylic acids is 1. The number of aliphatic carboxylic acids is 1. The van der Waals surface area contributed by atoms with Gasteiger partial charge in [-0.25, -0.2) is 13.2 Å². The summed E-state index contributed by atoms with van der Waals surface area (Å²) in [4.78, 5) is 10.7. The Morgan fingerprint density at radius 2 is 1.69 bits per heavy atom. The molecule has 0 radical (unpaired) electrons. The van der Waals surface area contributed by atoms with Crippen LogP contribution in [0.3, 0.4) is 0 Å². The van der Waals surface area contributed by atoms with Gasteiger partial charge in [0, 0.05) is 11.8 Å². The van der Waals surface area contributed by atoms with E-state index in [0.29, 0.717) is 17.6 Å². The lowest BCUT2D eigenvalue weighted by Crippen LogP contribution is -2.38. The molecule has 1 saturated heterocycles. The summed E-state index contributed by atoms with van der Waals surface area (Å²) in [6.45, 7) is 3.82. The van der Waals surface area contributed by atoms with E-state index >= 15 is 0 Å². The van der Waals surface area contributed by atoms with Crippen molar-refractivity contribution >= 4 is 31.6 Å². The van der Waals surface area contributed by atoms with Gasteiger partial charge in [-0.2, -0.15) is 13.5 Å². The molecule has 26 heavy (non-hydrogen) atoms. The molecule has 1 heterocycles. The number of hydrogen-bond donors (Lipinski definition) is 3. The highest BCUT2D eigenvalue weighted by Gasteiger charge is 2.44. The van der Waals surface area contributed by atoms with Gasteiger partial charge >= 0.3 is 5.97 Å². The van der Waals surface area contributed by atoms with Crippen LogP contribution in [0.15, 0.2) is 5.10 Å². The van der Waals surface area contributed by atoms with E-state index in [-0.39, 0.29) is 23.1 Å². The van der Waals surface area contributed by atoms with Gasteiger partial charge in [0.1, 0.15) is 5.71 Å². The normalized spacial score (nSPS) is 25.0. The van der Waals surface area contributed by atoms with Gasteiger partial charge in [0.05, 0.1) is 50.5 Å². The van der Waals surface area contributed by atoms with E-state index in [4.69, 9.17) is 9.66 Å². The summed E-state index contributed by atoms with van der Waals surface area (Å²) in [5, 5.41) is 12.3. The van der Waals surface area contributed by atoms with Crippen molar-refractivity contribution in [2.24, 2.45) is 16.9 Å². The van der Waals surface area contributed by atoms with E-state index in [9.17, 15) is 21.6 Å². The highest BCUT2D eigenvalue weighted by atomic mass is 32.2. The van der Waals surface area contributed by atoms with Gasteiger partial charge in [-0.05, 0) is 13.8 Å². The van der Waals surface area contributed by atoms with Crippen LogP contribution < -0.4 is 5.43 Å². The monoisotopic (exact) mass is 414 g/mol. The van der Waals surface area contributed by atoms with Crippen LogP contribution in [0.25, 0.3) is 0 Å². The Hall–Kier alpha value is -1.24. The number of quaternary nitrogens is 1. The minimum atomic E-state index is -4.19. The maximum atomic E-state index is 12.5. The summed E-state index contributed by atoms with van der Waals surface area (Å²) in [6, 6.07) is -0.599. The van der Waals surface area contributed by atoms with E-state index in [0.717, 1.165) is 0 Å². The quantitative estimate of drug-likeness (QED) is 0.189. The molecule has 3 atom stereocenters. The average Bonchev–Trinajstić information content (AvgIpc) is 2.66. The lowest BCUT2D eigenvalue weighted by Gasteiger charge is -2.23. The van der Waals surface area contributed by atoms with Crippen LogP contribution in [0.4, 0.5) is 0 Å². The number of nitrogens with zero attached hydrogens (tertiary/aromatic N) is 2. The van der Waals surface area contributed by atoms with E-state index in [2.05, 4.69) is 10.5 Å². The molecule has 1 aliphatic rings. The molecule has 0 aliphatic carbocycles. The molecule has 0 spiro atoms. The van der Waals surface area contributed by atoms with Gasteiger partial charge in [-0.15, -0.1) is 0 Å². The zero-order chi connectivity index (χ0) is 20.3. The molecule has 0 aromatic carbocycles. The fourth-order valence-electron chi connectivity index (χ4n) is 3.36. The van der Waals surface area contributed by atoms with Gasteiger partial charge in [-0.1, -0.05) is 0 Å². The van der Waals surface area contributed by atoms with Crippen LogP contribution in [0.2, 0.25) is 0 Å². The molecule has 10 nitrogen and oxygen atoms in total. The van der Waals surface area contributed by atoms with Crippen LogP contribution in [0.1, 0.15) is 13.8 Å². The first-order valence-corrected chi connectivity index (χ1v) is 11.5. The molecule has 1 rings (SSSR count). The van der Waals surface area contributed by atoms with E-state index in [1.165, 1.54) is 6.92 Å². The van der Waals surface area contributed by atoms with Crippen LogP contribution in [-0.4, -0.2) is 93.1 Å². The van der Waals surface area contributed by atoms with Crippen molar-refractivity contribution in [2.45, 2.75) is 19.9 Å². The molecule has 0 bridgehead atoms.